The molecule has 7 heteroatoms. The Balaban J connectivity index is 2.05. The van der Waals surface area contributed by atoms with Gasteiger partial charge in [0.25, 0.3) is 5.91 Å². The van der Waals surface area contributed by atoms with Gasteiger partial charge < -0.3 is 16.0 Å². The molecule has 20 heavy (non-hydrogen) atoms. The van der Waals surface area contributed by atoms with Gasteiger partial charge >= 0.3 is 0 Å². The molecule has 5 nitrogen and oxygen atoms in total. The summed E-state index contributed by atoms with van der Waals surface area (Å²) < 4.78 is 0. The van der Waals surface area contributed by atoms with Crippen molar-refractivity contribution in [2.75, 3.05) is 36.4 Å². The highest BCUT2D eigenvalue weighted by atomic mass is 32.2. The van der Waals surface area contributed by atoms with Gasteiger partial charge in [-0.25, -0.2) is 4.98 Å². The van der Waals surface area contributed by atoms with E-state index < -0.39 is 0 Å². The zero-order valence-corrected chi connectivity index (χ0v) is 13.8. The highest BCUT2D eigenvalue weighted by molar-refractivity contribution is 7.99. The van der Waals surface area contributed by atoms with Gasteiger partial charge in [0, 0.05) is 30.6 Å². The lowest BCUT2D eigenvalue weighted by atomic mass is 10.2. The van der Waals surface area contributed by atoms with Gasteiger partial charge in [0.2, 0.25) is 0 Å². The molecule has 1 saturated heterocycles. The van der Waals surface area contributed by atoms with Crippen LogP contribution in [0, 0.1) is 5.92 Å². The zero-order chi connectivity index (χ0) is 14.7. The van der Waals surface area contributed by atoms with Crippen LogP contribution < -0.4 is 11.1 Å². The number of anilines is 2. The molecule has 2 rings (SSSR count). The molecule has 0 radical (unpaired) electrons. The SMILES string of the molecule is CC(C)CNc1nc(N)c(C(=O)N2CCSC(C)C2)s1. The van der Waals surface area contributed by atoms with Crippen LogP contribution in [0.15, 0.2) is 0 Å². The second-order valence-electron chi connectivity index (χ2n) is 5.44. The first kappa shape index (κ1) is 15.4. The first-order chi connectivity index (χ1) is 9.47. The molecule has 3 N–H and O–H groups in total. The van der Waals surface area contributed by atoms with Gasteiger partial charge in [-0.05, 0) is 5.92 Å². The van der Waals surface area contributed by atoms with E-state index in [1.165, 1.54) is 11.3 Å². The third-order valence-electron chi connectivity index (χ3n) is 3.04. The van der Waals surface area contributed by atoms with Gasteiger partial charge in [-0.2, -0.15) is 11.8 Å². The van der Waals surface area contributed by atoms with E-state index in [-0.39, 0.29) is 5.91 Å². The minimum Gasteiger partial charge on any atom is -0.382 e. The first-order valence-electron chi connectivity index (χ1n) is 6.88. The third kappa shape index (κ3) is 3.79. The van der Waals surface area contributed by atoms with Crippen molar-refractivity contribution in [3.05, 3.63) is 4.88 Å². The molecule has 0 aliphatic carbocycles. The third-order valence-corrected chi connectivity index (χ3v) is 5.19. The van der Waals surface area contributed by atoms with Gasteiger partial charge in [-0.3, -0.25) is 4.79 Å². The summed E-state index contributed by atoms with van der Waals surface area (Å²) in [5.74, 6) is 1.88. The van der Waals surface area contributed by atoms with Gasteiger partial charge in [-0.1, -0.05) is 32.1 Å². The van der Waals surface area contributed by atoms with Gasteiger partial charge in [-0.15, -0.1) is 0 Å². The Morgan fingerprint density at radius 2 is 2.35 bits per heavy atom. The molecular weight excluding hydrogens is 292 g/mol. The lowest BCUT2D eigenvalue weighted by Gasteiger charge is -2.30. The van der Waals surface area contributed by atoms with Crippen molar-refractivity contribution in [2.45, 2.75) is 26.0 Å². The minimum atomic E-state index is 0.0183. The molecule has 2 heterocycles. The van der Waals surface area contributed by atoms with Crippen LogP contribution in [0.4, 0.5) is 10.9 Å². The van der Waals surface area contributed by atoms with Crippen LogP contribution in [0.25, 0.3) is 0 Å². The summed E-state index contributed by atoms with van der Waals surface area (Å²) >= 11 is 3.26. The van der Waals surface area contributed by atoms with E-state index in [4.69, 9.17) is 5.73 Å². The van der Waals surface area contributed by atoms with Crippen LogP contribution in [0.3, 0.4) is 0 Å². The molecule has 0 aromatic carbocycles. The van der Waals surface area contributed by atoms with E-state index in [1.807, 2.05) is 16.7 Å². The molecule has 112 valence electrons. The number of rotatable bonds is 4. The molecule has 1 amide bonds. The van der Waals surface area contributed by atoms with Crippen molar-refractivity contribution in [3.63, 3.8) is 0 Å². The van der Waals surface area contributed by atoms with Crippen molar-refractivity contribution >= 4 is 40.0 Å². The van der Waals surface area contributed by atoms with Crippen LogP contribution in [0.2, 0.25) is 0 Å². The number of carbonyl (C=O) groups is 1. The second-order valence-corrected chi connectivity index (χ2v) is 7.99. The number of nitrogen functional groups attached to an aromatic ring is 1. The van der Waals surface area contributed by atoms with Crippen molar-refractivity contribution in [2.24, 2.45) is 5.92 Å². The molecular formula is C13H22N4OS2. The summed E-state index contributed by atoms with van der Waals surface area (Å²) in [5, 5.41) is 4.45. The lowest BCUT2D eigenvalue weighted by molar-refractivity contribution is 0.0769. The standard InChI is InChI=1S/C13H22N4OS2/c1-8(2)6-15-13-16-11(14)10(20-13)12(18)17-4-5-19-9(3)7-17/h8-9H,4-7,14H2,1-3H3,(H,15,16). The smallest absolute Gasteiger partial charge is 0.267 e. The maximum absolute atomic E-state index is 12.5. The van der Waals surface area contributed by atoms with Crippen molar-refractivity contribution in [1.82, 2.24) is 9.88 Å². The molecule has 1 aromatic rings. The number of hydrogen-bond donors (Lipinski definition) is 2. The molecule has 1 atom stereocenters. The van der Waals surface area contributed by atoms with E-state index >= 15 is 0 Å². The fourth-order valence-corrected chi connectivity index (χ4v) is 3.87. The molecule has 0 saturated carbocycles. The zero-order valence-electron chi connectivity index (χ0n) is 12.2. The molecule has 1 aliphatic rings. The van der Waals surface area contributed by atoms with E-state index in [9.17, 15) is 4.79 Å². The Bertz CT molecular complexity index is 475. The summed E-state index contributed by atoms with van der Waals surface area (Å²) in [6.45, 7) is 8.81. The Labute approximate surface area is 128 Å². The number of nitrogens with zero attached hydrogens (tertiary/aromatic N) is 2. The largest absolute Gasteiger partial charge is 0.382 e. The Morgan fingerprint density at radius 3 is 3.00 bits per heavy atom. The quantitative estimate of drug-likeness (QED) is 0.893. The van der Waals surface area contributed by atoms with E-state index in [1.54, 1.807) is 0 Å². The fraction of sp³-hybridized carbons (Fsp3) is 0.692. The number of nitrogens with two attached hydrogens (primary N) is 1. The molecule has 1 aliphatic heterocycles. The molecule has 1 fully saturated rings. The summed E-state index contributed by atoms with van der Waals surface area (Å²) in [4.78, 5) is 19.2. The predicted molar refractivity (Wildman–Crippen MR) is 87.7 cm³/mol. The Morgan fingerprint density at radius 1 is 1.60 bits per heavy atom. The maximum Gasteiger partial charge on any atom is 0.267 e. The number of thiazole rings is 1. The van der Waals surface area contributed by atoms with E-state index in [0.717, 1.165) is 30.5 Å². The van der Waals surface area contributed by atoms with Crippen LogP contribution in [0.1, 0.15) is 30.4 Å². The van der Waals surface area contributed by atoms with Crippen molar-refractivity contribution in [3.8, 4) is 0 Å². The minimum absolute atomic E-state index is 0.0183. The van der Waals surface area contributed by atoms with Gasteiger partial charge in [0.15, 0.2) is 5.13 Å². The maximum atomic E-state index is 12.5. The molecule has 0 spiro atoms. The van der Waals surface area contributed by atoms with E-state index in [0.29, 0.717) is 21.9 Å². The summed E-state index contributed by atoms with van der Waals surface area (Å²) in [5.41, 5.74) is 5.90. The van der Waals surface area contributed by atoms with Crippen LogP contribution >= 0.6 is 23.1 Å². The number of nitrogens with one attached hydrogen (secondary N) is 1. The normalized spacial score (nSPS) is 19.4. The average molecular weight is 314 g/mol. The molecule has 1 unspecified atom stereocenters. The number of hydrogen-bond acceptors (Lipinski definition) is 6. The first-order valence-corrected chi connectivity index (χ1v) is 8.75. The number of carbonyl (C=O) groups excluding carboxylic acids is 1. The highest BCUT2D eigenvalue weighted by Crippen LogP contribution is 2.28. The van der Waals surface area contributed by atoms with Gasteiger partial charge in [0.05, 0.1) is 0 Å². The predicted octanol–water partition coefficient (Wildman–Crippen LogP) is 2.37. The topological polar surface area (TPSA) is 71.2 Å². The highest BCUT2D eigenvalue weighted by Gasteiger charge is 2.26. The molecule has 0 bridgehead atoms. The second kappa shape index (κ2) is 6.67. The number of aromatic nitrogens is 1. The van der Waals surface area contributed by atoms with Crippen LogP contribution in [-0.4, -0.2) is 46.4 Å². The fourth-order valence-electron chi connectivity index (χ4n) is 2.00. The molecule has 1 aromatic heterocycles. The van der Waals surface area contributed by atoms with Crippen molar-refractivity contribution < 1.29 is 4.79 Å². The summed E-state index contributed by atoms with van der Waals surface area (Å²) in [6.07, 6.45) is 0. The number of amides is 1. The van der Waals surface area contributed by atoms with Crippen molar-refractivity contribution in [1.29, 1.82) is 0 Å². The summed E-state index contributed by atoms with van der Waals surface area (Å²) in [7, 11) is 0. The average Bonchev–Trinajstić information content (AvgIpc) is 2.77. The number of thioether (sulfide) groups is 1. The lowest BCUT2D eigenvalue weighted by Crippen LogP contribution is -2.40. The monoisotopic (exact) mass is 314 g/mol. The van der Waals surface area contributed by atoms with Gasteiger partial charge in [0.1, 0.15) is 10.7 Å². The Hall–Kier alpha value is -0.950. The van der Waals surface area contributed by atoms with Crippen LogP contribution in [-0.2, 0) is 0 Å². The Kier molecular flexibility index (Phi) is 5.15. The summed E-state index contributed by atoms with van der Waals surface area (Å²) in [6, 6.07) is 0. The van der Waals surface area contributed by atoms with E-state index in [2.05, 4.69) is 31.1 Å². The van der Waals surface area contributed by atoms with Crippen LogP contribution in [0.5, 0.6) is 0 Å².